The molecule has 26 heavy (non-hydrogen) atoms. The number of anilines is 1. The minimum Gasteiger partial charge on any atom is -0.444 e. The number of rotatable bonds is 3. The Bertz CT molecular complexity index is 718. The van der Waals surface area contributed by atoms with Crippen LogP contribution in [-0.4, -0.2) is 46.2 Å². The van der Waals surface area contributed by atoms with E-state index in [1.165, 1.54) is 4.90 Å². The number of pyridine rings is 1. The summed E-state index contributed by atoms with van der Waals surface area (Å²) >= 11 is 3.31. The van der Waals surface area contributed by atoms with Gasteiger partial charge in [0.2, 0.25) is 5.91 Å². The van der Waals surface area contributed by atoms with Crippen molar-refractivity contribution in [1.82, 2.24) is 9.88 Å². The number of aromatic nitrogens is 1. The maximum absolute atomic E-state index is 13.9. The van der Waals surface area contributed by atoms with Crippen LogP contribution in [-0.2, 0) is 9.53 Å². The molecule has 1 aliphatic heterocycles. The Balaban J connectivity index is 1.76. The number of ether oxygens (including phenoxy) is 1. The summed E-state index contributed by atoms with van der Waals surface area (Å²) in [4.78, 5) is 30.6. The second-order valence-electron chi connectivity index (χ2n) is 7.82. The first-order valence-corrected chi connectivity index (χ1v) is 9.54. The number of hydrogen-bond donors (Lipinski definition) is 1. The first kappa shape index (κ1) is 19.1. The molecule has 142 valence electrons. The summed E-state index contributed by atoms with van der Waals surface area (Å²) in [5.41, 5.74) is 0.262. The van der Waals surface area contributed by atoms with Gasteiger partial charge < -0.3 is 10.1 Å². The number of likely N-dealkylation sites (tertiary alicyclic amines) is 1. The van der Waals surface area contributed by atoms with Crippen molar-refractivity contribution in [3.63, 3.8) is 0 Å². The van der Waals surface area contributed by atoms with Crippen LogP contribution in [0.25, 0.3) is 0 Å². The fraction of sp³-hybridized carbons (Fsp3) is 0.611. The fourth-order valence-corrected chi connectivity index (χ4v) is 3.34. The molecule has 1 saturated heterocycles. The maximum atomic E-state index is 13.9. The van der Waals surface area contributed by atoms with Crippen molar-refractivity contribution in [2.45, 2.75) is 63.8 Å². The lowest BCUT2D eigenvalue weighted by Gasteiger charge is -2.27. The van der Waals surface area contributed by atoms with E-state index in [1.54, 1.807) is 20.8 Å². The van der Waals surface area contributed by atoms with E-state index in [9.17, 15) is 14.0 Å². The highest BCUT2D eigenvalue weighted by Crippen LogP contribution is 2.43. The van der Waals surface area contributed by atoms with Gasteiger partial charge in [0, 0.05) is 6.42 Å². The van der Waals surface area contributed by atoms with E-state index in [0.717, 1.165) is 18.4 Å². The maximum Gasteiger partial charge on any atom is 0.411 e. The van der Waals surface area contributed by atoms with Crippen LogP contribution >= 0.6 is 15.9 Å². The third-order valence-electron chi connectivity index (χ3n) is 4.33. The van der Waals surface area contributed by atoms with E-state index in [0.29, 0.717) is 16.3 Å². The molecule has 1 aromatic rings. The summed E-state index contributed by atoms with van der Waals surface area (Å²) < 4.78 is 19.9. The molecule has 0 spiro atoms. The SMILES string of the molecule is CC(C)(C)OC(=O)N1C[C@H](F)C[C@H]1C(=O)Nc1nc(Br)ccc1C1CC1. The zero-order chi connectivity index (χ0) is 19.1. The number of nitrogens with one attached hydrogen (secondary N) is 1. The largest absolute Gasteiger partial charge is 0.444 e. The second-order valence-corrected chi connectivity index (χ2v) is 8.63. The zero-order valence-electron chi connectivity index (χ0n) is 15.1. The van der Waals surface area contributed by atoms with Gasteiger partial charge in [0.1, 0.15) is 28.2 Å². The summed E-state index contributed by atoms with van der Waals surface area (Å²) in [7, 11) is 0. The number of nitrogens with zero attached hydrogens (tertiary/aromatic N) is 2. The van der Waals surface area contributed by atoms with E-state index in [4.69, 9.17) is 4.74 Å². The number of halogens is 2. The Morgan fingerprint density at radius 3 is 2.65 bits per heavy atom. The van der Waals surface area contributed by atoms with Crippen LogP contribution in [0, 0.1) is 0 Å². The molecule has 2 fully saturated rings. The quantitative estimate of drug-likeness (QED) is 0.739. The smallest absolute Gasteiger partial charge is 0.411 e. The van der Waals surface area contributed by atoms with E-state index in [-0.39, 0.29) is 13.0 Å². The van der Waals surface area contributed by atoms with Gasteiger partial charge in [0.25, 0.3) is 0 Å². The van der Waals surface area contributed by atoms with Gasteiger partial charge in [-0.3, -0.25) is 9.69 Å². The normalized spacial score (nSPS) is 23.0. The Labute approximate surface area is 160 Å². The summed E-state index contributed by atoms with van der Waals surface area (Å²) in [5, 5.41) is 2.79. The molecule has 2 atom stereocenters. The fourth-order valence-electron chi connectivity index (χ4n) is 3.03. The topological polar surface area (TPSA) is 71.5 Å². The third kappa shape index (κ3) is 4.52. The molecule has 0 unspecified atom stereocenters. The van der Waals surface area contributed by atoms with Crippen LogP contribution in [0.3, 0.4) is 0 Å². The highest BCUT2D eigenvalue weighted by atomic mass is 79.9. The van der Waals surface area contributed by atoms with Crippen molar-refractivity contribution in [1.29, 1.82) is 0 Å². The van der Waals surface area contributed by atoms with E-state index in [2.05, 4.69) is 26.2 Å². The molecule has 0 radical (unpaired) electrons. The molecule has 1 aromatic heterocycles. The van der Waals surface area contributed by atoms with Crippen LogP contribution in [0.15, 0.2) is 16.7 Å². The van der Waals surface area contributed by atoms with Crippen molar-refractivity contribution < 1.29 is 18.7 Å². The molecule has 1 N–H and O–H groups in total. The van der Waals surface area contributed by atoms with Gasteiger partial charge in [-0.25, -0.2) is 14.2 Å². The molecule has 0 bridgehead atoms. The summed E-state index contributed by atoms with van der Waals surface area (Å²) in [6, 6.07) is 2.86. The van der Waals surface area contributed by atoms with Crippen LogP contribution in [0.5, 0.6) is 0 Å². The molecule has 2 heterocycles. The lowest BCUT2D eigenvalue weighted by molar-refractivity contribution is -0.120. The predicted molar refractivity (Wildman–Crippen MR) is 98.8 cm³/mol. The number of hydrogen-bond acceptors (Lipinski definition) is 4. The zero-order valence-corrected chi connectivity index (χ0v) is 16.7. The number of alkyl halides is 1. The molecular formula is C18H23BrFN3O3. The van der Waals surface area contributed by atoms with Crippen LogP contribution in [0.4, 0.5) is 15.0 Å². The van der Waals surface area contributed by atoms with Crippen LogP contribution in [0.1, 0.15) is 51.5 Å². The van der Waals surface area contributed by atoms with Gasteiger partial charge in [0.05, 0.1) is 6.54 Å². The molecule has 8 heteroatoms. The van der Waals surface area contributed by atoms with Gasteiger partial charge in [0.15, 0.2) is 0 Å². The minimum absolute atomic E-state index is 0.0438. The lowest BCUT2D eigenvalue weighted by Crippen LogP contribution is -2.45. The van der Waals surface area contributed by atoms with Crippen LogP contribution < -0.4 is 5.32 Å². The van der Waals surface area contributed by atoms with Crippen LogP contribution in [0.2, 0.25) is 0 Å². The molecule has 2 amide bonds. The predicted octanol–water partition coefficient (Wildman–Crippen LogP) is 4.01. The first-order valence-electron chi connectivity index (χ1n) is 8.75. The van der Waals surface area contributed by atoms with Crippen molar-refractivity contribution in [3.8, 4) is 0 Å². The molecule has 0 aromatic carbocycles. The molecule has 1 saturated carbocycles. The third-order valence-corrected chi connectivity index (χ3v) is 4.77. The van der Waals surface area contributed by atoms with Gasteiger partial charge in [-0.1, -0.05) is 6.07 Å². The van der Waals surface area contributed by atoms with Crippen molar-refractivity contribution in [2.24, 2.45) is 0 Å². The summed E-state index contributed by atoms with van der Waals surface area (Å²) in [6.07, 6.45) is 0.148. The average molecular weight is 428 g/mol. The number of carbonyl (C=O) groups excluding carboxylic acids is 2. The molecular weight excluding hydrogens is 405 g/mol. The van der Waals surface area contributed by atoms with E-state index in [1.807, 2.05) is 12.1 Å². The monoisotopic (exact) mass is 427 g/mol. The standard InChI is InChI=1S/C18H23BrFN3O3/c1-18(2,3)26-17(25)23-9-11(20)8-13(23)16(24)22-15-12(10-4-5-10)6-7-14(19)21-15/h6-7,10-11,13H,4-5,8-9H2,1-3H3,(H,21,22,24)/t11-,13+/m1/s1. The first-order chi connectivity index (χ1) is 12.1. The van der Waals surface area contributed by atoms with Gasteiger partial charge in [-0.05, 0) is 67.1 Å². The second kappa shape index (κ2) is 7.13. The summed E-state index contributed by atoms with van der Waals surface area (Å²) in [5.74, 6) is 0.423. The molecule has 2 aliphatic rings. The van der Waals surface area contributed by atoms with Crippen molar-refractivity contribution >= 4 is 33.7 Å². The van der Waals surface area contributed by atoms with Gasteiger partial charge in [-0.2, -0.15) is 0 Å². The minimum atomic E-state index is -1.25. The number of carbonyl (C=O) groups is 2. The average Bonchev–Trinajstić information content (AvgIpc) is 3.27. The van der Waals surface area contributed by atoms with Crippen molar-refractivity contribution in [3.05, 3.63) is 22.3 Å². The summed E-state index contributed by atoms with van der Waals surface area (Å²) in [6.45, 7) is 5.05. The number of amides is 2. The Morgan fingerprint density at radius 1 is 1.35 bits per heavy atom. The Morgan fingerprint density at radius 2 is 2.04 bits per heavy atom. The van der Waals surface area contributed by atoms with E-state index < -0.39 is 29.8 Å². The molecule has 1 aliphatic carbocycles. The Kier molecular flexibility index (Phi) is 5.23. The molecule has 6 nitrogen and oxygen atoms in total. The lowest BCUT2D eigenvalue weighted by atomic mass is 10.1. The Hall–Kier alpha value is -1.70. The van der Waals surface area contributed by atoms with Gasteiger partial charge >= 0.3 is 6.09 Å². The highest BCUT2D eigenvalue weighted by molar-refractivity contribution is 9.10. The van der Waals surface area contributed by atoms with Gasteiger partial charge in [-0.15, -0.1) is 0 Å². The highest BCUT2D eigenvalue weighted by Gasteiger charge is 2.42. The molecule has 3 rings (SSSR count). The van der Waals surface area contributed by atoms with Crippen molar-refractivity contribution in [2.75, 3.05) is 11.9 Å². The van der Waals surface area contributed by atoms with E-state index >= 15 is 0 Å².